The van der Waals surface area contributed by atoms with Gasteiger partial charge in [0.25, 0.3) is 0 Å². The summed E-state index contributed by atoms with van der Waals surface area (Å²) in [7, 11) is 0. The van der Waals surface area contributed by atoms with Crippen LogP contribution in [0.15, 0.2) is 0 Å². The number of hydrogen-bond donors (Lipinski definition) is 0. The van der Waals surface area contributed by atoms with Crippen molar-refractivity contribution < 1.29 is 9.84 Å². The number of ether oxygens (including phenoxy) is 1. The van der Waals surface area contributed by atoms with E-state index in [4.69, 9.17) is 4.74 Å². The molecule has 0 rings (SSSR count). The van der Waals surface area contributed by atoms with Gasteiger partial charge in [0, 0.05) is 6.61 Å². The van der Waals surface area contributed by atoms with Gasteiger partial charge in [-0.05, 0) is 12.3 Å². The van der Waals surface area contributed by atoms with Gasteiger partial charge in [-0.3, -0.25) is 0 Å². The van der Waals surface area contributed by atoms with Crippen LogP contribution in [0, 0.1) is 5.92 Å². The van der Waals surface area contributed by atoms with E-state index in [0.29, 0.717) is 6.61 Å². The Balaban J connectivity index is 2.89. The molecule has 0 bridgehead atoms. The van der Waals surface area contributed by atoms with Gasteiger partial charge in [0.2, 0.25) is 0 Å². The molecule has 0 amide bonds. The molecule has 0 aromatic rings. The molecule has 0 aliphatic carbocycles. The highest BCUT2D eigenvalue weighted by Crippen LogP contribution is 2.12. The molecule has 2 heteroatoms. The third-order valence-corrected chi connectivity index (χ3v) is 3.05. The predicted octanol–water partition coefficient (Wildman–Crippen LogP) is 4.60. The van der Waals surface area contributed by atoms with Crippen molar-refractivity contribution in [2.45, 2.75) is 71.6 Å². The van der Waals surface area contributed by atoms with Gasteiger partial charge in [0.15, 0.2) is 0 Å². The van der Waals surface area contributed by atoms with E-state index < -0.39 is 0 Å². The highest BCUT2D eigenvalue weighted by Gasteiger charge is 1.95. The quantitative estimate of drug-likeness (QED) is 0.435. The lowest BCUT2D eigenvalue weighted by Crippen LogP contribution is -1.99. The van der Waals surface area contributed by atoms with Gasteiger partial charge in [-0.15, -0.1) is 0 Å². The lowest BCUT2D eigenvalue weighted by molar-refractivity contribution is 0.0618. The van der Waals surface area contributed by atoms with Crippen LogP contribution in [-0.4, -0.2) is 19.8 Å². The normalized spacial score (nSPS) is 11.3. The summed E-state index contributed by atoms with van der Waals surface area (Å²) in [6, 6.07) is 0. The third kappa shape index (κ3) is 15.9. The first-order valence-corrected chi connectivity index (χ1v) is 7.43. The van der Waals surface area contributed by atoms with Gasteiger partial charge in [-0.25, -0.2) is 5.11 Å². The van der Waals surface area contributed by atoms with Crippen molar-refractivity contribution in [3.05, 3.63) is 0 Å². The molecule has 2 nitrogen and oxygen atoms in total. The van der Waals surface area contributed by atoms with Crippen LogP contribution in [0.2, 0.25) is 0 Å². The van der Waals surface area contributed by atoms with Crippen LogP contribution in [-0.2, 0) is 9.84 Å². The average molecular weight is 243 g/mol. The highest BCUT2D eigenvalue weighted by atomic mass is 16.5. The van der Waals surface area contributed by atoms with Crippen molar-refractivity contribution >= 4 is 0 Å². The van der Waals surface area contributed by atoms with Crippen LogP contribution in [0.3, 0.4) is 0 Å². The molecule has 103 valence electrons. The lowest BCUT2D eigenvalue weighted by Gasteiger charge is -2.04. The summed E-state index contributed by atoms with van der Waals surface area (Å²) >= 11 is 0. The smallest absolute Gasteiger partial charge is 0.106 e. The van der Waals surface area contributed by atoms with Crippen LogP contribution in [0.25, 0.3) is 0 Å². The molecule has 1 radical (unpaired) electrons. The fourth-order valence-corrected chi connectivity index (χ4v) is 1.98. The SMILES string of the molecule is CC(C)CCCCCCCCCCOCC[O]. The van der Waals surface area contributed by atoms with Crippen LogP contribution < -0.4 is 0 Å². The lowest BCUT2D eigenvalue weighted by atomic mass is 10.0. The Hall–Kier alpha value is -0.0800. The molecule has 0 aliphatic heterocycles. The molecule has 0 aromatic heterocycles. The second kappa shape index (κ2) is 14.0. The first kappa shape index (κ1) is 16.9. The van der Waals surface area contributed by atoms with Crippen LogP contribution in [0.5, 0.6) is 0 Å². The Labute approximate surface area is 108 Å². The zero-order valence-electron chi connectivity index (χ0n) is 11.9. The van der Waals surface area contributed by atoms with Crippen LogP contribution in [0.1, 0.15) is 71.6 Å². The summed E-state index contributed by atoms with van der Waals surface area (Å²) in [6.07, 6.45) is 12.0. The number of unbranched alkanes of at least 4 members (excludes halogenated alkanes) is 7. The van der Waals surface area contributed by atoms with Crippen molar-refractivity contribution in [1.82, 2.24) is 0 Å². The first-order chi connectivity index (χ1) is 8.27. The monoisotopic (exact) mass is 243 g/mol. The Kier molecular flexibility index (Phi) is 13.9. The number of rotatable bonds is 13. The molecule has 0 heterocycles. The molecule has 0 saturated heterocycles. The molecule has 0 spiro atoms. The molecule has 0 N–H and O–H groups in total. The zero-order chi connectivity index (χ0) is 12.8. The maximum absolute atomic E-state index is 10.1. The van der Waals surface area contributed by atoms with E-state index in [1.807, 2.05) is 0 Å². The zero-order valence-corrected chi connectivity index (χ0v) is 11.9. The maximum atomic E-state index is 10.1. The fourth-order valence-electron chi connectivity index (χ4n) is 1.98. The molecule has 0 fully saturated rings. The Bertz CT molecular complexity index is 135. The third-order valence-electron chi connectivity index (χ3n) is 3.05. The maximum Gasteiger partial charge on any atom is 0.106 e. The van der Waals surface area contributed by atoms with Gasteiger partial charge >= 0.3 is 0 Å². The minimum atomic E-state index is -0.101. The van der Waals surface area contributed by atoms with Gasteiger partial charge in [0.05, 0.1) is 6.61 Å². The van der Waals surface area contributed by atoms with Gasteiger partial charge in [-0.1, -0.05) is 65.2 Å². The molecule has 0 aliphatic rings. The van der Waals surface area contributed by atoms with Crippen LogP contribution >= 0.6 is 0 Å². The summed E-state index contributed by atoms with van der Waals surface area (Å²) < 4.78 is 5.15. The average Bonchev–Trinajstić information content (AvgIpc) is 2.30. The summed E-state index contributed by atoms with van der Waals surface area (Å²) in [5.74, 6) is 0.865. The number of hydrogen-bond acceptors (Lipinski definition) is 1. The molecule has 0 unspecified atom stereocenters. The largest absolute Gasteiger partial charge is 0.379 e. The van der Waals surface area contributed by atoms with Gasteiger partial charge in [0.1, 0.15) is 6.61 Å². The summed E-state index contributed by atoms with van der Waals surface area (Å²) in [6.45, 7) is 5.66. The minimum Gasteiger partial charge on any atom is -0.379 e. The van der Waals surface area contributed by atoms with Crippen molar-refractivity contribution in [3.63, 3.8) is 0 Å². The minimum absolute atomic E-state index is 0.101. The van der Waals surface area contributed by atoms with Crippen molar-refractivity contribution in [3.8, 4) is 0 Å². The fraction of sp³-hybridized carbons (Fsp3) is 1.00. The Morgan fingerprint density at radius 2 is 1.29 bits per heavy atom. The molecular weight excluding hydrogens is 212 g/mol. The molecule has 17 heavy (non-hydrogen) atoms. The topological polar surface area (TPSA) is 29.1 Å². The van der Waals surface area contributed by atoms with Gasteiger partial charge in [-0.2, -0.15) is 0 Å². The second-order valence-corrected chi connectivity index (χ2v) is 5.33. The van der Waals surface area contributed by atoms with E-state index in [-0.39, 0.29) is 6.61 Å². The molecule has 0 aromatic carbocycles. The van der Waals surface area contributed by atoms with E-state index in [1.165, 1.54) is 51.4 Å². The first-order valence-electron chi connectivity index (χ1n) is 7.43. The van der Waals surface area contributed by atoms with Crippen molar-refractivity contribution in [2.75, 3.05) is 19.8 Å². The van der Waals surface area contributed by atoms with E-state index in [1.54, 1.807) is 0 Å². The Morgan fingerprint density at radius 1 is 0.765 bits per heavy atom. The van der Waals surface area contributed by atoms with Crippen molar-refractivity contribution in [1.29, 1.82) is 0 Å². The van der Waals surface area contributed by atoms with E-state index >= 15 is 0 Å². The van der Waals surface area contributed by atoms with Crippen molar-refractivity contribution in [2.24, 2.45) is 5.92 Å². The summed E-state index contributed by atoms with van der Waals surface area (Å²) in [5.41, 5.74) is 0. The van der Waals surface area contributed by atoms with E-state index in [0.717, 1.165) is 18.9 Å². The predicted molar refractivity (Wildman–Crippen MR) is 72.8 cm³/mol. The standard InChI is InChI=1S/C15H31O2/c1-15(2)11-9-7-5-3-4-6-8-10-13-17-14-12-16/h15H,3-14H2,1-2H3. The van der Waals surface area contributed by atoms with E-state index in [2.05, 4.69) is 13.8 Å². The highest BCUT2D eigenvalue weighted by molar-refractivity contribution is 4.49. The molecule has 0 atom stereocenters. The molecule has 0 saturated carbocycles. The van der Waals surface area contributed by atoms with Crippen LogP contribution in [0.4, 0.5) is 0 Å². The summed E-state index contributed by atoms with van der Waals surface area (Å²) in [5, 5.41) is 10.1. The van der Waals surface area contributed by atoms with E-state index in [9.17, 15) is 5.11 Å². The molecular formula is C15H31O2. The second-order valence-electron chi connectivity index (χ2n) is 5.33. The summed E-state index contributed by atoms with van der Waals surface area (Å²) in [4.78, 5) is 0. The Morgan fingerprint density at radius 3 is 1.82 bits per heavy atom. The van der Waals surface area contributed by atoms with Gasteiger partial charge < -0.3 is 4.74 Å².